The second-order valence-corrected chi connectivity index (χ2v) is 13.0. The van der Waals surface area contributed by atoms with E-state index in [0.29, 0.717) is 30.9 Å². The quantitative estimate of drug-likeness (QED) is 0.279. The number of anilines is 1. The number of rotatable bonds is 14. The lowest BCUT2D eigenvalue weighted by Gasteiger charge is -2.38. The van der Waals surface area contributed by atoms with Gasteiger partial charge in [0.1, 0.15) is 18.1 Å². The fourth-order valence-corrected chi connectivity index (χ4v) is 6.13. The monoisotopic (exact) mass is 646 g/mol. The number of benzene rings is 1. The molecule has 258 valence electrons. The summed E-state index contributed by atoms with van der Waals surface area (Å²) in [4.78, 5) is 72.5. The normalized spacial score (nSPS) is 16.7. The number of nitrogens with one attached hydrogen (secondary N) is 3. The van der Waals surface area contributed by atoms with E-state index in [1.807, 2.05) is 60.5 Å². The summed E-state index contributed by atoms with van der Waals surface area (Å²) in [6.07, 6.45) is 1.00. The lowest BCUT2D eigenvalue weighted by atomic mass is 9.96. The highest BCUT2D eigenvalue weighted by molar-refractivity contribution is 6.06. The number of likely N-dealkylation sites (N-methyl/N-ethyl adjacent to an activating group) is 2. The summed E-state index contributed by atoms with van der Waals surface area (Å²) < 4.78 is 10.7. The van der Waals surface area contributed by atoms with E-state index in [2.05, 4.69) is 16.0 Å². The van der Waals surface area contributed by atoms with E-state index < -0.39 is 36.0 Å². The van der Waals surface area contributed by atoms with Crippen LogP contribution in [0, 0.1) is 17.8 Å². The van der Waals surface area contributed by atoms with Crippen LogP contribution in [0.5, 0.6) is 11.5 Å². The van der Waals surface area contributed by atoms with Gasteiger partial charge in [0, 0.05) is 26.7 Å². The van der Waals surface area contributed by atoms with Gasteiger partial charge in [0.15, 0.2) is 11.5 Å². The number of methoxy groups -OCH3 is 2. The van der Waals surface area contributed by atoms with Gasteiger partial charge in [-0.15, -0.1) is 0 Å². The van der Waals surface area contributed by atoms with Crippen LogP contribution in [-0.2, 0) is 19.2 Å². The average molecular weight is 647 g/mol. The third kappa shape index (κ3) is 8.68. The average Bonchev–Trinajstić information content (AvgIpc) is 3.48. The van der Waals surface area contributed by atoms with Crippen molar-refractivity contribution in [2.45, 2.75) is 78.6 Å². The number of nitrogens with zero attached hydrogens (tertiary/aromatic N) is 3. The standard InChI is InChI=1S/C33H54N6O7/c1-18(2)26(36-31(42)27(19(3)4)37(8)9)32(43)38(10)28(20(5)6)33(44)39-15-13-14-23(39)30(41)35-22-17-25(46-12)24(45-11)16-21(22)29(40)34-7/h16-20,23,26-28H,13-15H2,1-12H3,(H,34,40)(H,35,41)(H,36,42)/t23-,26-,27-,28-/m0/s1. The Bertz CT molecular complexity index is 1260. The fraction of sp³-hybridized carbons (Fsp3) is 0.667. The zero-order valence-corrected chi connectivity index (χ0v) is 29.5. The predicted molar refractivity (Wildman–Crippen MR) is 177 cm³/mol. The molecule has 1 fully saturated rings. The number of ether oxygens (including phenoxy) is 2. The van der Waals surface area contributed by atoms with Crippen LogP contribution >= 0.6 is 0 Å². The Morgan fingerprint density at radius 1 is 0.870 bits per heavy atom. The third-order valence-electron chi connectivity index (χ3n) is 8.43. The molecule has 46 heavy (non-hydrogen) atoms. The van der Waals surface area contributed by atoms with Gasteiger partial charge in [-0.3, -0.25) is 28.9 Å². The van der Waals surface area contributed by atoms with Gasteiger partial charge in [-0.25, -0.2) is 0 Å². The molecule has 1 aromatic carbocycles. The molecule has 5 amide bonds. The Morgan fingerprint density at radius 2 is 1.43 bits per heavy atom. The van der Waals surface area contributed by atoms with E-state index in [9.17, 15) is 24.0 Å². The molecule has 0 unspecified atom stereocenters. The van der Waals surface area contributed by atoms with Gasteiger partial charge in [-0.05, 0) is 50.8 Å². The lowest BCUT2D eigenvalue weighted by molar-refractivity contribution is -0.150. The highest BCUT2D eigenvalue weighted by atomic mass is 16.5. The van der Waals surface area contributed by atoms with E-state index in [1.54, 1.807) is 7.05 Å². The van der Waals surface area contributed by atoms with Crippen LogP contribution in [0.25, 0.3) is 0 Å². The summed E-state index contributed by atoms with van der Waals surface area (Å²) in [5, 5.41) is 8.32. The van der Waals surface area contributed by atoms with E-state index in [-0.39, 0.29) is 46.7 Å². The highest BCUT2D eigenvalue weighted by Crippen LogP contribution is 2.34. The van der Waals surface area contributed by atoms with Crippen molar-refractivity contribution >= 4 is 35.2 Å². The first-order valence-corrected chi connectivity index (χ1v) is 15.8. The Kier molecular flexibility index (Phi) is 13.8. The van der Waals surface area contributed by atoms with E-state index >= 15 is 0 Å². The molecule has 0 saturated carbocycles. The summed E-state index contributed by atoms with van der Waals surface area (Å²) in [6.45, 7) is 11.6. The predicted octanol–water partition coefficient (Wildman–Crippen LogP) is 2.20. The van der Waals surface area contributed by atoms with E-state index in [1.165, 1.54) is 43.2 Å². The van der Waals surface area contributed by atoms with Gasteiger partial charge < -0.3 is 35.2 Å². The maximum absolute atomic E-state index is 14.2. The second-order valence-electron chi connectivity index (χ2n) is 13.0. The zero-order valence-electron chi connectivity index (χ0n) is 29.5. The summed E-state index contributed by atoms with van der Waals surface area (Å²) in [5.41, 5.74) is 0.382. The zero-order chi connectivity index (χ0) is 35.0. The molecule has 2 rings (SSSR count). The number of likely N-dealkylation sites (tertiary alicyclic amines) is 1. The molecule has 13 nitrogen and oxygen atoms in total. The van der Waals surface area contributed by atoms with Crippen LogP contribution in [0.15, 0.2) is 12.1 Å². The SMILES string of the molecule is CNC(=O)c1cc(OC)c(OC)cc1NC(=O)[C@@H]1CCCN1C(=O)[C@H](C(C)C)N(C)C(=O)[C@@H](NC(=O)[C@H](C(C)C)N(C)C)C(C)C. The molecular weight excluding hydrogens is 592 g/mol. The summed E-state index contributed by atoms with van der Waals surface area (Å²) >= 11 is 0. The van der Waals surface area contributed by atoms with Gasteiger partial charge in [-0.1, -0.05) is 41.5 Å². The molecular formula is C33H54N6O7. The summed E-state index contributed by atoms with van der Waals surface area (Å²) in [6, 6.07) is 0.00356. The van der Waals surface area contributed by atoms with Crippen LogP contribution in [0.3, 0.4) is 0 Å². The molecule has 1 aliphatic rings. The topological polar surface area (TPSA) is 150 Å². The van der Waals surface area contributed by atoms with E-state index in [4.69, 9.17) is 9.47 Å². The molecule has 0 spiro atoms. The molecule has 0 aliphatic carbocycles. The Labute approximate surface area is 273 Å². The number of hydrogen-bond donors (Lipinski definition) is 3. The summed E-state index contributed by atoms with van der Waals surface area (Å²) in [5.74, 6) is -1.75. The number of carbonyl (C=O) groups is 5. The molecule has 13 heteroatoms. The van der Waals surface area contributed by atoms with Gasteiger partial charge >= 0.3 is 0 Å². The van der Waals surface area contributed by atoms with E-state index in [0.717, 1.165) is 0 Å². The highest BCUT2D eigenvalue weighted by Gasteiger charge is 2.42. The van der Waals surface area contributed by atoms with Crippen LogP contribution in [0.2, 0.25) is 0 Å². The van der Waals surface area contributed by atoms with Crippen molar-refractivity contribution in [3.8, 4) is 11.5 Å². The minimum absolute atomic E-state index is 0.0188. The minimum Gasteiger partial charge on any atom is -0.493 e. The van der Waals surface area contributed by atoms with Gasteiger partial charge in [-0.2, -0.15) is 0 Å². The Balaban J connectivity index is 2.36. The molecule has 1 aliphatic heterocycles. The molecule has 0 radical (unpaired) electrons. The van der Waals surface area contributed by atoms with Crippen LogP contribution in [0.4, 0.5) is 5.69 Å². The van der Waals surface area contributed by atoms with Crippen molar-refractivity contribution < 1.29 is 33.4 Å². The van der Waals surface area contributed by atoms with Gasteiger partial charge in [0.2, 0.25) is 23.6 Å². The molecule has 4 atom stereocenters. The largest absolute Gasteiger partial charge is 0.493 e. The molecule has 1 aromatic rings. The van der Waals surface area contributed by atoms with Crippen LogP contribution in [-0.4, -0.2) is 117 Å². The van der Waals surface area contributed by atoms with Crippen LogP contribution in [0.1, 0.15) is 64.7 Å². The first-order chi connectivity index (χ1) is 21.5. The molecule has 0 aromatic heterocycles. The van der Waals surface area contributed by atoms with Crippen molar-refractivity contribution in [2.75, 3.05) is 54.3 Å². The van der Waals surface area contributed by atoms with Gasteiger partial charge in [0.25, 0.3) is 5.91 Å². The van der Waals surface area contributed by atoms with Crippen molar-refractivity contribution in [1.29, 1.82) is 0 Å². The summed E-state index contributed by atoms with van der Waals surface area (Å²) in [7, 11) is 9.59. The first-order valence-electron chi connectivity index (χ1n) is 15.8. The Morgan fingerprint density at radius 3 is 1.91 bits per heavy atom. The maximum atomic E-state index is 14.2. The maximum Gasteiger partial charge on any atom is 0.253 e. The fourth-order valence-electron chi connectivity index (χ4n) is 6.13. The third-order valence-corrected chi connectivity index (χ3v) is 8.43. The smallest absolute Gasteiger partial charge is 0.253 e. The van der Waals surface area contributed by atoms with Crippen LogP contribution < -0.4 is 25.4 Å². The molecule has 1 heterocycles. The second kappa shape index (κ2) is 16.6. The van der Waals surface area contributed by atoms with Crippen molar-refractivity contribution in [3.63, 3.8) is 0 Å². The lowest BCUT2D eigenvalue weighted by Crippen LogP contribution is -2.60. The first kappa shape index (κ1) is 38.3. The number of hydrogen-bond acceptors (Lipinski definition) is 8. The Hall–Kier alpha value is -3.87. The number of amides is 5. The molecule has 3 N–H and O–H groups in total. The van der Waals surface area contributed by atoms with Crippen molar-refractivity contribution in [3.05, 3.63) is 17.7 Å². The van der Waals surface area contributed by atoms with Crippen molar-refractivity contribution in [2.24, 2.45) is 17.8 Å². The molecule has 0 bridgehead atoms. The van der Waals surface area contributed by atoms with Crippen molar-refractivity contribution in [1.82, 2.24) is 25.3 Å². The van der Waals surface area contributed by atoms with Gasteiger partial charge in [0.05, 0.1) is 31.5 Å². The minimum atomic E-state index is -0.878. The molecule has 1 saturated heterocycles. The number of carbonyl (C=O) groups excluding carboxylic acids is 5.